The summed E-state index contributed by atoms with van der Waals surface area (Å²) in [5.74, 6) is -0.408. The Morgan fingerprint density at radius 3 is 2.92 bits per heavy atom. The molecule has 0 unspecified atom stereocenters. The molecule has 0 radical (unpaired) electrons. The van der Waals surface area contributed by atoms with Gasteiger partial charge in [-0.3, -0.25) is 9.59 Å². The number of hydrogen-bond donors (Lipinski definition) is 1. The third kappa shape index (κ3) is 3.13. The topological polar surface area (TPSA) is 68.5 Å². The fourth-order valence-corrected chi connectivity index (χ4v) is 3.29. The standard InChI is InChI=1S/C21H19NO4/c1-13-6-7-16-17(23)11-19(26-18(16)10-13)21(24)22-12-20-15-5-3-2-4-14(15)8-9-25-20/h2-7,10-11,20H,8-9,12H2,1H3,(H,22,24)/t20-/m0/s1. The molecule has 1 aromatic heterocycles. The second-order valence-corrected chi connectivity index (χ2v) is 6.49. The van der Waals surface area contributed by atoms with Crippen LogP contribution in [0, 0.1) is 6.92 Å². The zero-order valence-electron chi connectivity index (χ0n) is 14.5. The Morgan fingerprint density at radius 2 is 2.04 bits per heavy atom. The van der Waals surface area contributed by atoms with Gasteiger partial charge >= 0.3 is 0 Å². The van der Waals surface area contributed by atoms with Gasteiger partial charge in [0, 0.05) is 12.6 Å². The van der Waals surface area contributed by atoms with Crippen molar-refractivity contribution in [1.29, 1.82) is 0 Å². The van der Waals surface area contributed by atoms with E-state index in [2.05, 4.69) is 11.4 Å². The average Bonchev–Trinajstić information content (AvgIpc) is 2.65. The van der Waals surface area contributed by atoms with Crippen molar-refractivity contribution >= 4 is 16.9 Å². The molecule has 3 aromatic rings. The first kappa shape index (κ1) is 16.5. The molecule has 1 aliphatic rings. The highest BCUT2D eigenvalue weighted by Crippen LogP contribution is 2.26. The van der Waals surface area contributed by atoms with E-state index in [1.807, 2.05) is 31.2 Å². The van der Waals surface area contributed by atoms with Crippen LogP contribution in [0.25, 0.3) is 11.0 Å². The number of fused-ring (bicyclic) bond motifs is 2. The molecule has 5 nitrogen and oxygen atoms in total. The highest BCUT2D eigenvalue weighted by Gasteiger charge is 2.22. The summed E-state index contributed by atoms with van der Waals surface area (Å²) in [6, 6.07) is 14.6. The quantitative estimate of drug-likeness (QED) is 0.789. The second-order valence-electron chi connectivity index (χ2n) is 6.49. The minimum atomic E-state index is -0.419. The van der Waals surface area contributed by atoms with Gasteiger partial charge in [0.15, 0.2) is 11.2 Å². The molecule has 1 aliphatic heterocycles. The number of carbonyl (C=O) groups is 1. The molecule has 1 atom stereocenters. The Bertz CT molecular complexity index is 1040. The lowest BCUT2D eigenvalue weighted by Gasteiger charge is -2.26. The summed E-state index contributed by atoms with van der Waals surface area (Å²) >= 11 is 0. The van der Waals surface area contributed by atoms with Gasteiger partial charge in [-0.2, -0.15) is 0 Å². The lowest BCUT2D eigenvalue weighted by atomic mass is 9.97. The fraction of sp³-hybridized carbons (Fsp3) is 0.238. The molecule has 5 heteroatoms. The van der Waals surface area contributed by atoms with Crippen molar-refractivity contribution in [2.45, 2.75) is 19.4 Å². The lowest BCUT2D eigenvalue weighted by molar-refractivity contribution is 0.0408. The van der Waals surface area contributed by atoms with E-state index >= 15 is 0 Å². The van der Waals surface area contributed by atoms with Gasteiger partial charge in [0.05, 0.1) is 12.0 Å². The van der Waals surface area contributed by atoms with Gasteiger partial charge in [-0.15, -0.1) is 0 Å². The molecule has 0 spiro atoms. The van der Waals surface area contributed by atoms with Crippen molar-refractivity contribution in [3.63, 3.8) is 0 Å². The number of nitrogens with one attached hydrogen (secondary N) is 1. The van der Waals surface area contributed by atoms with E-state index < -0.39 is 5.91 Å². The average molecular weight is 349 g/mol. The van der Waals surface area contributed by atoms with Crippen LogP contribution in [-0.4, -0.2) is 19.1 Å². The van der Waals surface area contributed by atoms with E-state index in [-0.39, 0.29) is 17.3 Å². The van der Waals surface area contributed by atoms with Gasteiger partial charge in [-0.05, 0) is 42.2 Å². The minimum Gasteiger partial charge on any atom is -0.451 e. The summed E-state index contributed by atoms with van der Waals surface area (Å²) in [5.41, 5.74) is 3.49. The molecule has 132 valence electrons. The Kier molecular flexibility index (Phi) is 4.31. The Hall–Kier alpha value is -2.92. The summed E-state index contributed by atoms with van der Waals surface area (Å²) in [7, 11) is 0. The van der Waals surface area contributed by atoms with Crippen LogP contribution >= 0.6 is 0 Å². The van der Waals surface area contributed by atoms with Crippen molar-refractivity contribution in [1.82, 2.24) is 5.32 Å². The van der Waals surface area contributed by atoms with Crippen molar-refractivity contribution in [3.8, 4) is 0 Å². The first-order valence-corrected chi connectivity index (χ1v) is 8.64. The van der Waals surface area contributed by atoms with Crippen molar-refractivity contribution in [2.24, 2.45) is 0 Å². The molecule has 1 N–H and O–H groups in total. The highest BCUT2D eigenvalue weighted by molar-refractivity contribution is 5.93. The third-order valence-corrected chi connectivity index (χ3v) is 4.65. The number of hydrogen-bond acceptors (Lipinski definition) is 4. The van der Waals surface area contributed by atoms with Crippen LogP contribution in [0.15, 0.2) is 57.7 Å². The Morgan fingerprint density at radius 1 is 1.19 bits per heavy atom. The largest absolute Gasteiger partial charge is 0.451 e. The van der Waals surface area contributed by atoms with Crippen LogP contribution in [-0.2, 0) is 11.2 Å². The molecule has 0 aliphatic carbocycles. The van der Waals surface area contributed by atoms with E-state index in [0.29, 0.717) is 24.1 Å². The predicted molar refractivity (Wildman–Crippen MR) is 98.4 cm³/mol. The summed E-state index contributed by atoms with van der Waals surface area (Å²) < 4.78 is 11.4. The van der Waals surface area contributed by atoms with Gasteiger partial charge in [0.1, 0.15) is 11.7 Å². The van der Waals surface area contributed by atoms with Crippen molar-refractivity contribution in [3.05, 3.63) is 81.2 Å². The van der Waals surface area contributed by atoms with Crippen LogP contribution in [0.5, 0.6) is 0 Å². The van der Waals surface area contributed by atoms with E-state index in [4.69, 9.17) is 9.15 Å². The van der Waals surface area contributed by atoms with E-state index in [9.17, 15) is 9.59 Å². The molecule has 2 aromatic carbocycles. The van der Waals surface area contributed by atoms with Gasteiger partial charge in [0.2, 0.25) is 0 Å². The van der Waals surface area contributed by atoms with Crippen LogP contribution in [0.3, 0.4) is 0 Å². The van der Waals surface area contributed by atoms with E-state index in [0.717, 1.165) is 17.5 Å². The van der Waals surface area contributed by atoms with Crippen LogP contribution in [0.2, 0.25) is 0 Å². The monoisotopic (exact) mass is 349 g/mol. The maximum Gasteiger partial charge on any atom is 0.287 e. The van der Waals surface area contributed by atoms with Gasteiger partial charge in [0.25, 0.3) is 5.91 Å². The number of ether oxygens (including phenoxy) is 1. The molecule has 26 heavy (non-hydrogen) atoms. The van der Waals surface area contributed by atoms with Crippen molar-refractivity contribution in [2.75, 3.05) is 13.2 Å². The molecule has 0 fully saturated rings. The fourth-order valence-electron chi connectivity index (χ4n) is 3.29. The second kappa shape index (κ2) is 6.77. The molecule has 0 bridgehead atoms. The van der Waals surface area contributed by atoms with Crippen molar-refractivity contribution < 1.29 is 13.9 Å². The summed E-state index contributed by atoms with van der Waals surface area (Å²) in [6.45, 7) is 2.86. The first-order valence-electron chi connectivity index (χ1n) is 8.64. The molecule has 0 saturated carbocycles. The van der Waals surface area contributed by atoms with Crippen LogP contribution in [0.4, 0.5) is 0 Å². The van der Waals surface area contributed by atoms with Crippen LogP contribution in [0.1, 0.15) is 33.3 Å². The summed E-state index contributed by atoms with van der Waals surface area (Å²) in [4.78, 5) is 24.7. The predicted octanol–water partition coefficient (Wildman–Crippen LogP) is 3.15. The highest BCUT2D eigenvalue weighted by atomic mass is 16.5. The number of aryl methyl sites for hydroxylation is 1. The normalized spacial score (nSPS) is 16.3. The number of amides is 1. The smallest absolute Gasteiger partial charge is 0.287 e. The minimum absolute atomic E-state index is 0.0113. The number of benzene rings is 2. The van der Waals surface area contributed by atoms with Crippen LogP contribution < -0.4 is 10.7 Å². The molecule has 4 rings (SSSR count). The molecule has 2 heterocycles. The Balaban J connectivity index is 1.54. The number of carbonyl (C=O) groups excluding carboxylic acids is 1. The number of rotatable bonds is 3. The van der Waals surface area contributed by atoms with Gasteiger partial charge in [-0.25, -0.2) is 0 Å². The molecule has 1 amide bonds. The Labute approximate surface area is 150 Å². The summed E-state index contributed by atoms with van der Waals surface area (Å²) in [6.07, 6.45) is 0.679. The lowest BCUT2D eigenvalue weighted by Crippen LogP contribution is -2.32. The third-order valence-electron chi connectivity index (χ3n) is 4.65. The van der Waals surface area contributed by atoms with E-state index in [1.54, 1.807) is 12.1 Å². The first-order chi connectivity index (χ1) is 12.6. The van der Waals surface area contributed by atoms with E-state index in [1.165, 1.54) is 11.6 Å². The molecule has 0 saturated heterocycles. The van der Waals surface area contributed by atoms with Gasteiger partial charge in [-0.1, -0.05) is 30.3 Å². The SMILES string of the molecule is Cc1ccc2c(=O)cc(C(=O)NC[C@@H]3OCCc4ccccc43)oc2c1. The zero-order valence-corrected chi connectivity index (χ0v) is 14.5. The molecular weight excluding hydrogens is 330 g/mol. The molecular formula is C21H19NO4. The summed E-state index contributed by atoms with van der Waals surface area (Å²) in [5, 5.41) is 3.29. The van der Waals surface area contributed by atoms with Gasteiger partial charge < -0.3 is 14.5 Å². The zero-order chi connectivity index (χ0) is 18.1. The maximum absolute atomic E-state index is 12.5. The maximum atomic E-state index is 12.5.